The molecule has 2 aromatic carbocycles. The summed E-state index contributed by atoms with van der Waals surface area (Å²) in [4.78, 5) is 19.6. The molecular weight excluding hydrogens is 477 g/mol. The summed E-state index contributed by atoms with van der Waals surface area (Å²) in [7, 11) is 1.58. The second kappa shape index (κ2) is 12.2. The van der Waals surface area contributed by atoms with E-state index in [1.54, 1.807) is 49.3 Å². The topological polar surface area (TPSA) is 86.5 Å². The van der Waals surface area contributed by atoms with Gasteiger partial charge in [0.2, 0.25) is 0 Å². The number of methoxy groups -OCH3 is 1. The molecule has 1 aromatic heterocycles. The van der Waals surface area contributed by atoms with Crippen LogP contribution in [0.4, 0.5) is 4.39 Å². The van der Waals surface area contributed by atoms with Crippen molar-refractivity contribution < 1.29 is 19.0 Å². The first kappa shape index (κ1) is 25.9. The molecule has 4 rings (SSSR count). The molecule has 1 aliphatic rings. The van der Waals surface area contributed by atoms with Crippen molar-refractivity contribution >= 4 is 28.6 Å². The predicted octanol–water partition coefficient (Wildman–Crippen LogP) is 5.72. The van der Waals surface area contributed by atoms with E-state index in [9.17, 15) is 9.90 Å². The maximum atomic E-state index is 15.4. The lowest BCUT2D eigenvalue weighted by atomic mass is 9.81. The Bertz CT molecular complexity index is 1250. The lowest BCUT2D eigenvalue weighted by molar-refractivity contribution is -0.146. The molecule has 0 radical (unpaired) electrons. The Hall–Kier alpha value is -3.15. The number of carboxylic acid groups (broad SMARTS) is 1. The van der Waals surface area contributed by atoms with Crippen LogP contribution in [0, 0.1) is 23.2 Å². The van der Waals surface area contributed by atoms with Gasteiger partial charge in [0.1, 0.15) is 11.9 Å². The number of benzene rings is 2. The molecule has 1 N–H and O–H groups in total. The molecule has 1 aliphatic heterocycles. The summed E-state index contributed by atoms with van der Waals surface area (Å²) >= 11 is 1.67. The summed E-state index contributed by atoms with van der Waals surface area (Å²) in [6.07, 6.45) is 1.95. The number of aliphatic carboxylic acids is 1. The van der Waals surface area contributed by atoms with Gasteiger partial charge < -0.3 is 14.7 Å². The van der Waals surface area contributed by atoms with E-state index in [0.717, 1.165) is 35.5 Å². The van der Waals surface area contributed by atoms with Gasteiger partial charge in [0, 0.05) is 35.3 Å². The Balaban J connectivity index is 1.33. The second-order valence-corrected chi connectivity index (χ2v) is 10.3. The van der Waals surface area contributed by atoms with Gasteiger partial charge >= 0.3 is 5.97 Å². The number of alkyl halides is 1. The van der Waals surface area contributed by atoms with E-state index in [1.807, 2.05) is 24.3 Å². The van der Waals surface area contributed by atoms with Gasteiger partial charge in [-0.1, -0.05) is 6.07 Å². The van der Waals surface area contributed by atoms with Gasteiger partial charge in [0.15, 0.2) is 0 Å². The maximum absolute atomic E-state index is 15.4. The summed E-state index contributed by atoms with van der Waals surface area (Å²) in [5.74, 6) is 0.0929. The minimum Gasteiger partial charge on any atom is -0.497 e. The van der Waals surface area contributed by atoms with Crippen LogP contribution in [0.2, 0.25) is 0 Å². The zero-order valence-corrected chi connectivity index (χ0v) is 21.1. The zero-order chi connectivity index (χ0) is 25.5. The van der Waals surface area contributed by atoms with E-state index < -0.39 is 18.1 Å². The number of hydrogen-bond acceptors (Lipinski definition) is 6. The van der Waals surface area contributed by atoms with Crippen molar-refractivity contribution in [2.75, 3.05) is 32.5 Å². The molecule has 0 aliphatic carbocycles. The van der Waals surface area contributed by atoms with E-state index in [4.69, 9.17) is 10.00 Å². The highest BCUT2D eigenvalue weighted by molar-refractivity contribution is 7.99. The minimum absolute atomic E-state index is 0.0559. The molecule has 0 amide bonds. The molecule has 1 saturated heterocycles. The van der Waals surface area contributed by atoms with Crippen molar-refractivity contribution in [3.8, 4) is 11.8 Å². The molecule has 3 atom stereocenters. The third kappa shape index (κ3) is 6.34. The van der Waals surface area contributed by atoms with E-state index >= 15 is 4.39 Å². The third-order valence-electron chi connectivity index (χ3n) is 6.91. The average molecular weight is 508 g/mol. The van der Waals surface area contributed by atoms with Gasteiger partial charge in [-0.2, -0.15) is 5.26 Å². The first-order valence-corrected chi connectivity index (χ1v) is 13.1. The van der Waals surface area contributed by atoms with Gasteiger partial charge in [0.25, 0.3) is 0 Å². The number of ether oxygens (including phenoxy) is 1. The average Bonchev–Trinajstić information content (AvgIpc) is 2.91. The number of nitrogens with zero attached hydrogens (tertiary/aromatic N) is 3. The SMILES string of the molecule is COc1ccc2nccc([C@@H](F)CC[C@@H]3CCN(CCSc4cccc(C#N)c4)C[C@@H]3C(=O)O)c2c1. The Morgan fingerprint density at radius 1 is 1.33 bits per heavy atom. The number of fused-ring (bicyclic) bond motifs is 1. The van der Waals surface area contributed by atoms with Crippen LogP contribution >= 0.6 is 11.8 Å². The quantitative estimate of drug-likeness (QED) is 0.351. The summed E-state index contributed by atoms with van der Waals surface area (Å²) in [6.45, 7) is 2.05. The molecule has 188 valence electrons. The lowest BCUT2D eigenvalue weighted by Crippen LogP contribution is -2.44. The Morgan fingerprint density at radius 3 is 2.97 bits per heavy atom. The molecular formula is C28H30FN3O3S. The van der Waals surface area contributed by atoms with Crippen molar-refractivity contribution in [1.29, 1.82) is 5.26 Å². The lowest BCUT2D eigenvalue weighted by Gasteiger charge is -2.36. The summed E-state index contributed by atoms with van der Waals surface area (Å²) in [6, 6.07) is 16.8. The molecule has 0 spiro atoms. The molecule has 2 heterocycles. The maximum Gasteiger partial charge on any atom is 0.308 e. The van der Waals surface area contributed by atoms with Crippen molar-refractivity contribution in [1.82, 2.24) is 9.88 Å². The highest BCUT2D eigenvalue weighted by Gasteiger charge is 2.34. The van der Waals surface area contributed by atoms with Crippen LogP contribution in [0.1, 0.15) is 36.6 Å². The largest absolute Gasteiger partial charge is 0.497 e. The standard InChI is InChI=1S/C28H30FN3O3S/c1-35-21-6-8-27-24(16-21)23(9-11-31-27)26(29)7-5-20-10-12-32(18-25(20)28(33)34)13-14-36-22-4-2-3-19(15-22)17-30/h2-4,6,8-9,11,15-16,20,25-26H,5,7,10,12-14,18H2,1H3,(H,33,34)/t20-,25+,26+/m1/s1. The number of halogens is 1. The number of carbonyl (C=O) groups is 1. The molecule has 36 heavy (non-hydrogen) atoms. The van der Waals surface area contributed by atoms with Crippen molar-refractivity contribution in [2.45, 2.75) is 30.3 Å². The number of piperidine rings is 1. The molecule has 8 heteroatoms. The Morgan fingerprint density at radius 2 is 2.19 bits per heavy atom. The normalized spacial score (nSPS) is 19.0. The fraction of sp³-hybridized carbons (Fsp3) is 0.393. The van der Waals surface area contributed by atoms with Crippen LogP contribution in [-0.2, 0) is 4.79 Å². The smallest absolute Gasteiger partial charge is 0.308 e. The fourth-order valence-electron chi connectivity index (χ4n) is 4.91. The Kier molecular flexibility index (Phi) is 8.79. The van der Waals surface area contributed by atoms with Crippen LogP contribution in [0.5, 0.6) is 5.75 Å². The van der Waals surface area contributed by atoms with Crippen molar-refractivity contribution in [2.24, 2.45) is 11.8 Å². The number of rotatable bonds is 10. The molecule has 0 unspecified atom stereocenters. The monoisotopic (exact) mass is 507 g/mol. The minimum atomic E-state index is -1.20. The molecule has 1 fully saturated rings. The van der Waals surface area contributed by atoms with E-state index in [2.05, 4.69) is 16.0 Å². The number of carboxylic acids is 1. The van der Waals surface area contributed by atoms with Crippen LogP contribution < -0.4 is 4.74 Å². The first-order valence-electron chi connectivity index (χ1n) is 12.1. The van der Waals surface area contributed by atoms with Crippen LogP contribution in [-0.4, -0.2) is 53.5 Å². The van der Waals surface area contributed by atoms with Crippen LogP contribution in [0.15, 0.2) is 59.6 Å². The molecule has 0 bridgehead atoms. The number of pyridine rings is 1. The van der Waals surface area contributed by atoms with Gasteiger partial charge in [0.05, 0.1) is 30.2 Å². The van der Waals surface area contributed by atoms with E-state index in [-0.39, 0.29) is 12.3 Å². The highest BCUT2D eigenvalue weighted by atomic mass is 32.2. The number of nitriles is 1. The summed E-state index contributed by atoms with van der Waals surface area (Å²) in [5.41, 5.74) is 1.92. The summed E-state index contributed by atoms with van der Waals surface area (Å²) < 4.78 is 20.7. The number of aromatic nitrogens is 1. The number of likely N-dealkylation sites (tertiary alicyclic amines) is 1. The van der Waals surface area contributed by atoms with Gasteiger partial charge in [-0.15, -0.1) is 11.8 Å². The van der Waals surface area contributed by atoms with Crippen molar-refractivity contribution in [3.05, 3.63) is 65.9 Å². The summed E-state index contributed by atoms with van der Waals surface area (Å²) in [5, 5.41) is 19.7. The number of hydrogen-bond donors (Lipinski definition) is 1. The van der Waals surface area contributed by atoms with E-state index in [0.29, 0.717) is 35.4 Å². The molecule has 3 aromatic rings. The molecule has 6 nitrogen and oxygen atoms in total. The van der Waals surface area contributed by atoms with Gasteiger partial charge in [-0.25, -0.2) is 4.39 Å². The van der Waals surface area contributed by atoms with Gasteiger partial charge in [-0.3, -0.25) is 9.78 Å². The zero-order valence-electron chi connectivity index (χ0n) is 20.3. The number of thioether (sulfide) groups is 1. The van der Waals surface area contributed by atoms with E-state index in [1.165, 1.54) is 0 Å². The highest BCUT2D eigenvalue weighted by Crippen LogP contribution is 2.35. The third-order valence-corrected chi connectivity index (χ3v) is 7.88. The Labute approximate surface area is 215 Å². The first-order chi connectivity index (χ1) is 17.5. The van der Waals surface area contributed by atoms with Crippen molar-refractivity contribution in [3.63, 3.8) is 0 Å². The molecule has 0 saturated carbocycles. The fourth-order valence-corrected chi connectivity index (χ4v) is 5.88. The van der Waals surface area contributed by atoms with Crippen LogP contribution in [0.25, 0.3) is 10.9 Å². The van der Waals surface area contributed by atoms with Crippen LogP contribution in [0.3, 0.4) is 0 Å². The predicted molar refractivity (Wildman–Crippen MR) is 139 cm³/mol. The second-order valence-electron chi connectivity index (χ2n) is 9.11. The van der Waals surface area contributed by atoms with Gasteiger partial charge in [-0.05, 0) is 79.8 Å².